The molecule has 6 N–H and O–H groups in total. The molecule has 0 spiro atoms. The summed E-state index contributed by atoms with van der Waals surface area (Å²) in [6.45, 7) is 5.81. The molecule has 8 unspecified atom stereocenters. The van der Waals surface area contributed by atoms with E-state index in [0.29, 0.717) is 19.3 Å². The second-order valence-corrected chi connectivity index (χ2v) is 24.6. The third kappa shape index (κ3) is 47.4. The fraction of sp³-hybridized carbons (Fsp3) is 0.861. The van der Waals surface area contributed by atoms with E-state index in [1.54, 1.807) is 6.08 Å². The Morgan fingerprint density at radius 3 is 1.27 bits per heavy atom. The Balaban J connectivity index is 2.57. The zero-order valence-electron chi connectivity index (χ0n) is 54.1. The van der Waals surface area contributed by atoms with Gasteiger partial charge in [0, 0.05) is 6.42 Å². The van der Waals surface area contributed by atoms with Crippen LogP contribution in [-0.2, 0) is 23.8 Å². The van der Waals surface area contributed by atoms with E-state index in [-0.39, 0.29) is 13.0 Å². The van der Waals surface area contributed by atoms with E-state index in [2.05, 4.69) is 62.5 Å². The largest absolute Gasteiger partial charge is 0.454 e. The molecular weight excluding hydrogens is 1040 g/mol. The van der Waals surface area contributed by atoms with Gasteiger partial charge in [0.2, 0.25) is 5.91 Å². The third-order valence-electron chi connectivity index (χ3n) is 16.7. The van der Waals surface area contributed by atoms with Crippen molar-refractivity contribution in [1.82, 2.24) is 5.32 Å². The Bertz CT molecular complexity index is 1540. The Morgan fingerprint density at radius 1 is 0.470 bits per heavy atom. The number of esters is 1. The van der Waals surface area contributed by atoms with Crippen LogP contribution in [0.2, 0.25) is 0 Å². The Labute approximate surface area is 510 Å². The van der Waals surface area contributed by atoms with Gasteiger partial charge in [-0.15, -0.1) is 0 Å². The second kappa shape index (κ2) is 59.9. The van der Waals surface area contributed by atoms with Gasteiger partial charge in [0.05, 0.1) is 25.4 Å². The minimum atomic E-state index is -1.61. The minimum absolute atomic E-state index is 0.123. The summed E-state index contributed by atoms with van der Waals surface area (Å²) >= 11 is 0. The molecule has 0 bridgehead atoms. The Hall–Kier alpha value is -2.38. The molecule has 1 rings (SSSR count). The average Bonchev–Trinajstić information content (AvgIpc) is 3.58. The molecule has 0 aliphatic carbocycles. The highest BCUT2D eigenvalue weighted by Gasteiger charge is 2.47. The molecule has 0 aromatic heterocycles. The van der Waals surface area contributed by atoms with E-state index in [0.717, 1.165) is 70.6 Å². The molecule has 1 amide bonds. The van der Waals surface area contributed by atoms with Gasteiger partial charge in [-0.3, -0.25) is 9.59 Å². The second-order valence-electron chi connectivity index (χ2n) is 24.6. The normalized spacial score (nSPS) is 18.8. The maximum Gasteiger partial charge on any atom is 0.306 e. The van der Waals surface area contributed by atoms with Crippen LogP contribution in [0.4, 0.5) is 0 Å². The molecule has 1 aliphatic heterocycles. The lowest BCUT2D eigenvalue weighted by Crippen LogP contribution is -2.61. The van der Waals surface area contributed by atoms with Crippen molar-refractivity contribution >= 4 is 11.9 Å². The van der Waals surface area contributed by atoms with Crippen molar-refractivity contribution < 1.29 is 49.3 Å². The van der Waals surface area contributed by atoms with Crippen molar-refractivity contribution in [2.45, 2.75) is 384 Å². The van der Waals surface area contributed by atoms with Crippen LogP contribution in [0, 0.1) is 0 Å². The molecule has 11 nitrogen and oxygen atoms in total. The van der Waals surface area contributed by atoms with Crippen LogP contribution >= 0.6 is 0 Å². The number of unbranched alkanes of at least 4 members (excludes halogenated alkanes) is 41. The van der Waals surface area contributed by atoms with E-state index >= 15 is 0 Å². The molecule has 0 radical (unpaired) electrons. The lowest BCUT2D eigenvalue weighted by atomic mass is 9.99. The Kier molecular flexibility index (Phi) is 56.8. The summed E-state index contributed by atoms with van der Waals surface area (Å²) in [6, 6.07) is -1.02. The van der Waals surface area contributed by atoms with Gasteiger partial charge in [-0.2, -0.15) is 0 Å². The van der Waals surface area contributed by atoms with E-state index in [9.17, 15) is 35.1 Å². The monoisotopic (exact) mass is 1170 g/mol. The smallest absolute Gasteiger partial charge is 0.306 e. The lowest BCUT2D eigenvalue weighted by Gasteiger charge is -2.41. The predicted octanol–water partition coefficient (Wildman–Crippen LogP) is 18.0. The van der Waals surface area contributed by atoms with Crippen molar-refractivity contribution in [3.63, 3.8) is 0 Å². The van der Waals surface area contributed by atoms with E-state index in [1.807, 2.05) is 6.08 Å². The molecule has 486 valence electrons. The van der Waals surface area contributed by atoms with Crippen molar-refractivity contribution in [2.75, 3.05) is 13.2 Å². The average molecular weight is 1170 g/mol. The number of carbonyl (C=O) groups excluding carboxylic acids is 2. The van der Waals surface area contributed by atoms with Crippen LogP contribution in [0.1, 0.15) is 335 Å². The maximum absolute atomic E-state index is 13.5. The van der Waals surface area contributed by atoms with Gasteiger partial charge in [0.25, 0.3) is 0 Å². The standard InChI is InChI=1S/C72H133NO10/c1-4-7-10-13-16-19-22-25-27-29-30-31-32-33-34-35-36-37-39-42-45-48-51-54-57-60-67(77)83-70-69(79)68(78)66(61-74)82-72(70)81-62-63(64(75)58-55-52-49-46-43-40-24-21-18-15-12-9-6-3)73-71(80)65(76)59-56-53-50-47-44-41-38-28-26-23-20-17-14-11-8-5-2/h16,19,25,27,30-31,55,58,63-66,68-70,72,74-76,78-79H,4-15,17-18,20-24,26,28-29,32-54,56-57,59-62H2,1-3H3,(H,73,80)/b19-16-,27-25-,31-30-,58-55+. The number of amides is 1. The predicted molar refractivity (Wildman–Crippen MR) is 347 cm³/mol. The first-order valence-corrected chi connectivity index (χ1v) is 35.4. The molecule has 83 heavy (non-hydrogen) atoms. The lowest BCUT2D eigenvalue weighted by molar-refractivity contribution is -0.305. The molecule has 8 atom stereocenters. The third-order valence-corrected chi connectivity index (χ3v) is 16.7. The molecule has 0 saturated carbocycles. The molecule has 1 saturated heterocycles. The zero-order valence-corrected chi connectivity index (χ0v) is 54.1. The molecule has 0 aromatic rings. The number of allylic oxidation sites excluding steroid dienone is 7. The van der Waals surface area contributed by atoms with Crippen LogP contribution in [0.25, 0.3) is 0 Å². The fourth-order valence-corrected chi connectivity index (χ4v) is 11.1. The zero-order chi connectivity index (χ0) is 60.3. The summed E-state index contributed by atoms with van der Waals surface area (Å²) in [6.07, 6.45) is 64.3. The number of aliphatic hydroxyl groups is 5. The fourth-order valence-electron chi connectivity index (χ4n) is 11.1. The van der Waals surface area contributed by atoms with E-state index < -0.39 is 67.4 Å². The minimum Gasteiger partial charge on any atom is -0.454 e. The molecule has 11 heteroatoms. The summed E-state index contributed by atoms with van der Waals surface area (Å²) in [5, 5.41) is 57.2. The maximum atomic E-state index is 13.5. The van der Waals surface area contributed by atoms with Gasteiger partial charge in [-0.1, -0.05) is 313 Å². The van der Waals surface area contributed by atoms with Gasteiger partial charge in [0.1, 0.15) is 24.4 Å². The van der Waals surface area contributed by atoms with Crippen LogP contribution in [0.5, 0.6) is 0 Å². The highest BCUT2D eigenvalue weighted by molar-refractivity contribution is 5.80. The van der Waals surface area contributed by atoms with Crippen molar-refractivity contribution in [1.29, 1.82) is 0 Å². The van der Waals surface area contributed by atoms with Gasteiger partial charge >= 0.3 is 5.97 Å². The van der Waals surface area contributed by atoms with Crippen LogP contribution in [-0.4, -0.2) is 99.6 Å². The molecule has 1 fully saturated rings. The van der Waals surface area contributed by atoms with Gasteiger partial charge in [-0.25, -0.2) is 0 Å². The summed E-state index contributed by atoms with van der Waals surface area (Å²) in [5.74, 6) is -1.18. The summed E-state index contributed by atoms with van der Waals surface area (Å²) in [7, 11) is 0. The topological polar surface area (TPSA) is 175 Å². The SMILES string of the molecule is CCCCC/C=C\C/C=C\C/C=C\CCCCCCCCCCCCCCC(=O)OC1C(OCC(NC(=O)C(O)CCCCCCCCCCCCCCCCCC)C(O)/C=C/CCCCCCCCCCCCC)OC(CO)C(O)C1O. The first-order valence-electron chi connectivity index (χ1n) is 35.4. The number of aliphatic hydroxyl groups excluding tert-OH is 5. The van der Waals surface area contributed by atoms with E-state index in [4.69, 9.17) is 14.2 Å². The molecular formula is C72H133NO10. The van der Waals surface area contributed by atoms with Crippen molar-refractivity contribution in [2.24, 2.45) is 0 Å². The summed E-state index contributed by atoms with van der Waals surface area (Å²) in [5.41, 5.74) is 0. The molecule has 1 aliphatic rings. The quantitative estimate of drug-likeness (QED) is 0.0195. The highest BCUT2D eigenvalue weighted by atomic mass is 16.7. The Morgan fingerprint density at radius 2 is 0.831 bits per heavy atom. The summed E-state index contributed by atoms with van der Waals surface area (Å²) < 4.78 is 17.7. The van der Waals surface area contributed by atoms with E-state index in [1.165, 1.54) is 218 Å². The number of hydrogen-bond donors (Lipinski definition) is 6. The number of rotatable bonds is 61. The highest BCUT2D eigenvalue weighted by Crippen LogP contribution is 2.26. The van der Waals surface area contributed by atoms with Crippen LogP contribution in [0.3, 0.4) is 0 Å². The van der Waals surface area contributed by atoms with Crippen LogP contribution < -0.4 is 5.32 Å². The number of carbonyl (C=O) groups is 2. The number of nitrogens with one attached hydrogen (secondary N) is 1. The molecule has 0 aromatic carbocycles. The van der Waals surface area contributed by atoms with Crippen molar-refractivity contribution in [3.8, 4) is 0 Å². The first kappa shape index (κ1) is 78.6. The van der Waals surface area contributed by atoms with Gasteiger partial charge < -0.3 is 45.1 Å². The van der Waals surface area contributed by atoms with Crippen molar-refractivity contribution in [3.05, 3.63) is 48.6 Å². The first-order chi connectivity index (χ1) is 40.7. The van der Waals surface area contributed by atoms with Crippen LogP contribution in [0.15, 0.2) is 48.6 Å². The van der Waals surface area contributed by atoms with Gasteiger partial charge in [0.15, 0.2) is 12.4 Å². The number of hydrogen-bond acceptors (Lipinski definition) is 10. The molecule has 1 heterocycles. The summed E-state index contributed by atoms with van der Waals surface area (Å²) in [4.78, 5) is 26.7. The van der Waals surface area contributed by atoms with Gasteiger partial charge in [-0.05, 0) is 64.2 Å². The number of ether oxygens (including phenoxy) is 3.